The standard InChI is InChI=1S/C74H124O6/c1-4-7-10-13-16-19-22-25-27-29-31-32-33-34-35-36-37-38-39-40-41-42-44-45-47-49-52-55-58-61-64-67-73(76)79-70-71(69-78-72(75)66-63-60-57-54-51-24-21-18-15-12-9-6-3)80-74(77)68-65-62-59-56-53-50-48-46-43-30-28-26-23-20-17-14-11-8-5-2/h7,10,16,18-19,21,25-28,31-32,34-35,37-38,40-41,44-45,71H,4-6,8-9,11-15,17,20,22-24,29-30,33,36,39,42-43,46-70H2,1-3H3/b10-7-,19-16-,21-18-,27-25-,28-26-,32-31-,35-34-,38-37-,41-40-,45-44-. The molecule has 0 aromatic heterocycles. The van der Waals surface area contributed by atoms with Gasteiger partial charge in [0.25, 0.3) is 0 Å². The maximum absolute atomic E-state index is 12.9. The average Bonchev–Trinajstić information content (AvgIpc) is 3.46. The van der Waals surface area contributed by atoms with Crippen LogP contribution in [0, 0.1) is 0 Å². The topological polar surface area (TPSA) is 78.9 Å². The Morgan fingerprint density at radius 1 is 0.263 bits per heavy atom. The van der Waals surface area contributed by atoms with E-state index in [2.05, 4.69) is 142 Å². The molecule has 0 amide bonds. The van der Waals surface area contributed by atoms with Gasteiger partial charge in [-0.25, -0.2) is 0 Å². The van der Waals surface area contributed by atoms with E-state index in [1.807, 2.05) is 0 Å². The average molecular weight is 1110 g/mol. The molecule has 0 bridgehead atoms. The van der Waals surface area contributed by atoms with Gasteiger partial charge >= 0.3 is 17.9 Å². The summed E-state index contributed by atoms with van der Waals surface area (Å²) in [5.41, 5.74) is 0. The summed E-state index contributed by atoms with van der Waals surface area (Å²) in [6.07, 6.45) is 93.5. The minimum atomic E-state index is -0.792. The Kier molecular flexibility index (Phi) is 63.8. The Morgan fingerprint density at radius 2 is 0.487 bits per heavy atom. The van der Waals surface area contributed by atoms with Crippen molar-refractivity contribution in [3.63, 3.8) is 0 Å². The van der Waals surface area contributed by atoms with E-state index < -0.39 is 6.10 Å². The third-order valence-electron chi connectivity index (χ3n) is 14.2. The quantitative estimate of drug-likeness (QED) is 0.0261. The van der Waals surface area contributed by atoms with E-state index >= 15 is 0 Å². The highest BCUT2D eigenvalue weighted by Crippen LogP contribution is 2.16. The lowest BCUT2D eigenvalue weighted by Crippen LogP contribution is -2.30. The lowest BCUT2D eigenvalue weighted by molar-refractivity contribution is -0.167. The zero-order chi connectivity index (χ0) is 57.8. The molecule has 0 aromatic rings. The van der Waals surface area contributed by atoms with Gasteiger partial charge in [-0.3, -0.25) is 14.4 Å². The van der Waals surface area contributed by atoms with E-state index in [-0.39, 0.29) is 31.1 Å². The first kappa shape index (κ1) is 75.8. The minimum absolute atomic E-state index is 0.0884. The van der Waals surface area contributed by atoms with Crippen LogP contribution in [0.4, 0.5) is 0 Å². The van der Waals surface area contributed by atoms with Crippen molar-refractivity contribution in [3.05, 3.63) is 122 Å². The lowest BCUT2D eigenvalue weighted by atomic mass is 10.1. The zero-order valence-corrected chi connectivity index (χ0v) is 52.3. The monoisotopic (exact) mass is 1110 g/mol. The third-order valence-corrected chi connectivity index (χ3v) is 14.2. The van der Waals surface area contributed by atoms with Gasteiger partial charge < -0.3 is 14.2 Å². The Bertz CT molecular complexity index is 1650. The van der Waals surface area contributed by atoms with Crippen LogP contribution in [0.1, 0.15) is 310 Å². The fourth-order valence-corrected chi connectivity index (χ4v) is 9.15. The number of hydrogen-bond donors (Lipinski definition) is 0. The maximum atomic E-state index is 12.9. The molecule has 0 N–H and O–H groups in total. The molecule has 0 heterocycles. The van der Waals surface area contributed by atoms with Crippen LogP contribution in [-0.4, -0.2) is 37.2 Å². The van der Waals surface area contributed by atoms with Crippen molar-refractivity contribution in [2.45, 2.75) is 316 Å². The van der Waals surface area contributed by atoms with Crippen LogP contribution in [-0.2, 0) is 28.6 Å². The molecule has 1 unspecified atom stereocenters. The first-order valence-corrected chi connectivity index (χ1v) is 33.5. The van der Waals surface area contributed by atoms with E-state index in [0.29, 0.717) is 19.3 Å². The van der Waals surface area contributed by atoms with Crippen LogP contribution in [0.5, 0.6) is 0 Å². The van der Waals surface area contributed by atoms with Gasteiger partial charge in [-0.2, -0.15) is 0 Å². The van der Waals surface area contributed by atoms with E-state index in [4.69, 9.17) is 14.2 Å². The Hall–Kier alpha value is -4.19. The van der Waals surface area contributed by atoms with Crippen molar-refractivity contribution in [1.29, 1.82) is 0 Å². The highest BCUT2D eigenvalue weighted by atomic mass is 16.6. The Balaban J connectivity index is 4.32. The van der Waals surface area contributed by atoms with Gasteiger partial charge in [0.2, 0.25) is 0 Å². The summed E-state index contributed by atoms with van der Waals surface area (Å²) >= 11 is 0. The molecular weight excluding hydrogens is 985 g/mol. The fourth-order valence-electron chi connectivity index (χ4n) is 9.15. The highest BCUT2D eigenvalue weighted by Gasteiger charge is 2.19. The number of hydrogen-bond acceptors (Lipinski definition) is 6. The molecule has 0 spiro atoms. The largest absolute Gasteiger partial charge is 0.462 e. The Morgan fingerprint density at radius 3 is 0.800 bits per heavy atom. The predicted molar refractivity (Wildman–Crippen MR) is 348 cm³/mol. The fraction of sp³-hybridized carbons (Fsp3) is 0.689. The van der Waals surface area contributed by atoms with Crippen LogP contribution < -0.4 is 0 Å². The molecule has 0 aromatic carbocycles. The molecule has 0 aliphatic heterocycles. The molecule has 6 heteroatoms. The van der Waals surface area contributed by atoms with Crippen molar-refractivity contribution in [3.8, 4) is 0 Å². The number of ether oxygens (including phenoxy) is 3. The summed E-state index contributed by atoms with van der Waals surface area (Å²) in [5, 5.41) is 0. The summed E-state index contributed by atoms with van der Waals surface area (Å²) in [7, 11) is 0. The van der Waals surface area contributed by atoms with E-state index in [9.17, 15) is 14.4 Å². The molecule has 456 valence electrons. The summed E-state index contributed by atoms with van der Waals surface area (Å²) < 4.78 is 16.9. The zero-order valence-electron chi connectivity index (χ0n) is 52.3. The minimum Gasteiger partial charge on any atom is -0.462 e. The predicted octanol–water partition coefficient (Wildman–Crippen LogP) is 23.2. The smallest absolute Gasteiger partial charge is 0.306 e. The molecule has 80 heavy (non-hydrogen) atoms. The molecule has 0 radical (unpaired) electrons. The van der Waals surface area contributed by atoms with Crippen LogP contribution in [0.2, 0.25) is 0 Å². The van der Waals surface area contributed by atoms with Gasteiger partial charge in [-0.05, 0) is 135 Å². The van der Waals surface area contributed by atoms with Gasteiger partial charge in [0.15, 0.2) is 6.10 Å². The second kappa shape index (κ2) is 67.3. The molecule has 0 saturated heterocycles. The number of carbonyl (C=O) groups excluding carboxylic acids is 3. The van der Waals surface area contributed by atoms with Gasteiger partial charge in [0, 0.05) is 19.3 Å². The summed E-state index contributed by atoms with van der Waals surface area (Å²) in [6, 6.07) is 0. The Labute approximate surface area is 494 Å². The number of allylic oxidation sites excluding steroid dienone is 20. The lowest BCUT2D eigenvalue weighted by Gasteiger charge is -2.18. The molecule has 6 nitrogen and oxygen atoms in total. The van der Waals surface area contributed by atoms with Crippen molar-refractivity contribution >= 4 is 17.9 Å². The number of esters is 3. The van der Waals surface area contributed by atoms with Gasteiger partial charge in [0.05, 0.1) is 0 Å². The van der Waals surface area contributed by atoms with Crippen LogP contribution in [0.3, 0.4) is 0 Å². The number of carbonyl (C=O) groups is 3. The van der Waals surface area contributed by atoms with Crippen molar-refractivity contribution in [1.82, 2.24) is 0 Å². The molecule has 0 saturated carbocycles. The van der Waals surface area contributed by atoms with Gasteiger partial charge in [-0.15, -0.1) is 0 Å². The number of rotatable bonds is 60. The van der Waals surface area contributed by atoms with Crippen molar-refractivity contribution in [2.24, 2.45) is 0 Å². The third kappa shape index (κ3) is 64.6. The second-order valence-electron chi connectivity index (χ2n) is 22.0. The SMILES string of the molecule is CC/C=C\C/C=C\C/C=C\C/C=C\C/C=C\C/C=C\C/C=C\C/C=C\CCCCCCCCC(=O)OCC(COC(=O)CCCCCCC/C=C\CCCCC)OC(=O)CCCCCCCCCCC/C=C\CCCCCCCC. The maximum Gasteiger partial charge on any atom is 0.306 e. The first-order valence-electron chi connectivity index (χ1n) is 33.5. The van der Waals surface area contributed by atoms with Crippen molar-refractivity contribution < 1.29 is 28.6 Å². The molecule has 0 fully saturated rings. The van der Waals surface area contributed by atoms with Gasteiger partial charge in [-0.1, -0.05) is 277 Å². The second-order valence-corrected chi connectivity index (χ2v) is 22.0. The van der Waals surface area contributed by atoms with E-state index in [1.165, 1.54) is 141 Å². The van der Waals surface area contributed by atoms with Crippen molar-refractivity contribution in [2.75, 3.05) is 13.2 Å². The molecular formula is C74H124O6. The van der Waals surface area contributed by atoms with E-state index in [0.717, 1.165) is 128 Å². The molecule has 0 aliphatic carbocycles. The van der Waals surface area contributed by atoms with Crippen LogP contribution >= 0.6 is 0 Å². The summed E-state index contributed by atoms with van der Waals surface area (Å²) in [6.45, 7) is 6.50. The number of unbranched alkanes of at least 4 members (excludes halogenated alkanes) is 29. The van der Waals surface area contributed by atoms with E-state index in [1.54, 1.807) is 0 Å². The van der Waals surface area contributed by atoms with Gasteiger partial charge in [0.1, 0.15) is 13.2 Å². The van der Waals surface area contributed by atoms with Crippen LogP contribution in [0.25, 0.3) is 0 Å². The molecule has 0 aliphatic rings. The summed E-state index contributed by atoms with van der Waals surface area (Å²) in [5.74, 6) is -0.907. The molecule has 1 atom stereocenters. The molecule has 0 rings (SSSR count). The van der Waals surface area contributed by atoms with Crippen LogP contribution in [0.15, 0.2) is 122 Å². The first-order chi connectivity index (χ1) is 39.5. The normalized spacial score (nSPS) is 12.9. The highest BCUT2D eigenvalue weighted by molar-refractivity contribution is 5.71. The summed E-state index contributed by atoms with van der Waals surface area (Å²) in [4.78, 5) is 38.3.